The van der Waals surface area contributed by atoms with Crippen LogP contribution in [-0.2, 0) is 50.9 Å². The van der Waals surface area contributed by atoms with E-state index in [9.17, 15) is 37.5 Å². The van der Waals surface area contributed by atoms with Crippen molar-refractivity contribution >= 4 is 29.9 Å². The lowest BCUT2D eigenvalue weighted by Crippen LogP contribution is -2.45. The second-order valence-corrected chi connectivity index (χ2v) is 13.7. The Hall–Kier alpha value is -4.53. The topological polar surface area (TPSA) is 147 Å². The van der Waals surface area contributed by atoms with E-state index >= 15 is 0 Å². The number of aliphatic hydroxyl groups is 1. The lowest BCUT2D eigenvalue weighted by Gasteiger charge is -2.31. The number of hydrogen-bond acceptors (Lipinski definition) is 10. The maximum absolute atomic E-state index is 13.5. The Balaban J connectivity index is 1.30. The van der Waals surface area contributed by atoms with Gasteiger partial charge in [0.25, 0.3) is 0 Å². The average Bonchev–Trinajstić information content (AvgIpc) is 3.61. The summed E-state index contributed by atoms with van der Waals surface area (Å²) in [6.45, 7) is 3.06. The Morgan fingerprint density at radius 3 is 2.39 bits per heavy atom. The van der Waals surface area contributed by atoms with Crippen LogP contribution < -0.4 is 5.32 Å². The molecule has 51 heavy (non-hydrogen) atoms. The fourth-order valence-corrected chi connectivity index (χ4v) is 6.17. The molecule has 0 bridgehead atoms. The summed E-state index contributed by atoms with van der Waals surface area (Å²) in [7, 11) is 0. The Kier molecular flexibility index (Phi) is 11.4. The molecular weight excluding hydrogens is 675 g/mol. The summed E-state index contributed by atoms with van der Waals surface area (Å²) in [6.07, 6.45) is -2.61. The summed E-state index contributed by atoms with van der Waals surface area (Å²) in [4.78, 5) is 51.0. The first kappa shape index (κ1) is 37.7. The highest BCUT2D eigenvalue weighted by Crippen LogP contribution is 2.45. The van der Waals surface area contributed by atoms with Crippen molar-refractivity contribution in [3.05, 3.63) is 88.5 Å². The highest BCUT2D eigenvalue weighted by Gasteiger charge is 2.55. The molecule has 1 amide bonds. The van der Waals surface area contributed by atoms with Crippen LogP contribution in [0.3, 0.4) is 0 Å². The number of nitrogens with one attached hydrogen (secondary N) is 1. The van der Waals surface area contributed by atoms with Gasteiger partial charge in [0.15, 0.2) is 12.4 Å². The van der Waals surface area contributed by atoms with Gasteiger partial charge in [0, 0.05) is 37.3 Å². The fourth-order valence-electron chi connectivity index (χ4n) is 6.17. The van der Waals surface area contributed by atoms with E-state index in [1.165, 1.54) is 30.3 Å². The Bertz CT molecular complexity index is 1670. The minimum atomic E-state index is -4.67. The normalized spacial score (nSPS) is 21.4. The molecule has 3 aliphatic rings. The quantitative estimate of drug-likeness (QED) is 0.193. The minimum Gasteiger partial charge on any atom is -0.460 e. The van der Waals surface area contributed by atoms with Crippen molar-refractivity contribution in [1.82, 2.24) is 5.32 Å². The van der Waals surface area contributed by atoms with Crippen LogP contribution >= 0.6 is 0 Å². The Labute approximate surface area is 292 Å². The Morgan fingerprint density at radius 2 is 1.75 bits per heavy atom. The van der Waals surface area contributed by atoms with E-state index in [-0.39, 0.29) is 30.4 Å². The number of halogens is 3. The molecule has 1 heterocycles. The first-order valence-corrected chi connectivity index (χ1v) is 16.5. The summed E-state index contributed by atoms with van der Waals surface area (Å²) in [5.41, 5.74) is 2.04. The fraction of sp³-hybridized carbons (Fsp3) is 0.459. The van der Waals surface area contributed by atoms with Crippen LogP contribution in [0.5, 0.6) is 0 Å². The molecule has 11 nitrogen and oxygen atoms in total. The van der Waals surface area contributed by atoms with Gasteiger partial charge in [-0.05, 0) is 68.2 Å². The summed E-state index contributed by atoms with van der Waals surface area (Å²) in [5.74, 6) is -4.04. The summed E-state index contributed by atoms with van der Waals surface area (Å²) >= 11 is 0. The van der Waals surface area contributed by atoms with Gasteiger partial charge in [0.05, 0.1) is 18.2 Å². The molecule has 1 saturated heterocycles. The van der Waals surface area contributed by atoms with Gasteiger partial charge in [-0.2, -0.15) is 13.2 Å². The van der Waals surface area contributed by atoms with Gasteiger partial charge < -0.3 is 34.1 Å². The number of fused-ring (bicyclic) bond motifs is 2. The SMILES string of the molecule is CC(C)(C)OC(=O)CCC(CO)NC(=O)C1=CC2OC3(Cc4ccccc4C3)OC2C(OC(=O)c2cccc(C=CC(=O)OCC(F)(F)F)c2)C1. The van der Waals surface area contributed by atoms with E-state index in [0.717, 1.165) is 17.2 Å². The van der Waals surface area contributed by atoms with Crippen LogP contribution in [0.4, 0.5) is 13.2 Å². The molecule has 0 saturated carbocycles. The standard InChI is InChI=1S/C37H40F3NO10/c1-35(2,3)50-31(44)14-12-27(20-42)41-33(45)26-16-28(32-29(17-26)49-36(51-32)18-24-8-4-5-9-25(24)19-36)48-34(46)23-10-6-7-22(15-23)11-13-30(43)47-21-37(38,39)40/h4-11,13,15,17,27-29,32,42H,12,14,16,18-21H2,1-3H3,(H,41,45). The number of carbonyl (C=O) groups excluding carboxylic acids is 4. The first-order valence-electron chi connectivity index (χ1n) is 16.5. The molecule has 2 N–H and O–H groups in total. The second kappa shape index (κ2) is 15.4. The highest BCUT2D eigenvalue weighted by molar-refractivity contribution is 5.95. The lowest BCUT2D eigenvalue weighted by atomic mass is 9.91. The number of aliphatic hydroxyl groups excluding tert-OH is 1. The van der Waals surface area contributed by atoms with Gasteiger partial charge in [0.2, 0.25) is 5.91 Å². The van der Waals surface area contributed by atoms with Crippen molar-refractivity contribution in [3.8, 4) is 0 Å². The highest BCUT2D eigenvalue weighted by atomic mass is 19.4. The van der Waals surface area contributed by atoms with E-state index in [1.54, 1.807) is 26.8 Å². The van der Waals surface area contributed by atoms with Gasteiger partial charge in [-0.15, -0.1) is 0 Å². The average molecular weight is 716 g/mol. The van der Waals surface area contributed by atoms with E-state index in [0.29, 0.717) is 18.4 Å². The van der Waals surface area contributed by atoms with Crippen LogP contribution in [0.25, 0.3) is 6.08 Å². The molecule has 14 heteroatoms. The Morgan fingerprint density at radius 1 is 1.04 bits per heavy atom. The number of ether oxygens (including phenoxy) is 5. The number of carbonyl (C=O) groups is 4. The molecule has 2 aliphatic carbocycles. The maximum atomic E-state index is 13.5. The van der Waals surface area contributed by atoms with Gasteiger partial charge in [-0.25, -0.2) is 9.59 Å². The van der Waals surface area contributed by atoms with Crippen LogP contribution in [0.1, 0.15) is 67.1 Å². The number of rotatable bonds is 11. The van der Waals surface area contributed by atoms with Crippen LogP contribution in [0.2, 0.25) is 0 Å². The zero-order valence-electron chi connectivity index (χ0n) is 28.4. The summed E-state index contributed by atoms with van der Waals surface area (Å²) < 4.78 is 65.5. The maximum Gasteiger partial charge on any atom is 0.422 e. The number of hydrogen-bond donors (Lipinski definition) is 2. The molecule has 0 aromatic heterocycles. The molecular formula is C37H40F3NO10. The van der Waals surface area contributed by atoms with Crippen molar-refractivity contribution in [3.63, 3.8) is 0 Å². The van der Waals surface area contributed by atoms with E-state index in [4.69, 9.17) is 18.9 Å². The molecule has 1 spiro atoms. The zero-order chi connectivity index (χ0) is 37.0. The minimum absolute atomic E-state index is 0.0320. The second-order valence-electron chi connectivity index (χ2n) is 13.7. The monoisotopic (exact) mass is 715 g/mol. The van der Waals surface area contributed by atoms with E-state index in [1.807, 2.05) is 24.3 Å². The van der Waals surface area contributed by atoms with Crippen LogP contribution in [0.15, 0.2) is 66.3 Å². The third-order valence-corrected chi connectivity index (χ3v) is 8.35. The molecule has 2 aromatic carbocycles. The lowest BCUT2D eigenvalue weighted by molar-refractivity contribution is -0.182. The third-order valence-electron chi connectivity index (χ3n) is 8.35. The number of alkyl halides is 3. The van der Waals surface area contributed by atoms with Crippen molar-refractivity contribution in [2.75, 3.05) is 13.2 Å². The molecule has 1 aliphatic heterocycles. The summed E-state index contributed by atoms with van der Waals surface area (Å²) in [5, 5.41) is 12.7. The predicted octanol–water partition coefficient (Wildman–Crippen LogP) is 4.54. The van der Waals surface area contributed by atoms with Crippen molar-refractivity contribution in [2.45, 2.75) is 94.8 Å². The molecule has 2 aromatic rings. The molecule has 4 unspecified atom stereocenters. The molecule has 0 radical (unpaired) electrons. The number of benzene rings is 2. The first-order chi connectivity index (χ1) is 24.0. The van der Waals surface area contributed by atoms with Crippen molar-refractivity contribution < 1.29 is 61.1 Å². The van der Waals surface area contributed by atoms with Crippen LogP contribution in [-0.4, -0.2) is 84.1 Å². The molecule has 274 valence electrons. The van der Waals surface area contributed by atoms with Gasteiger partial charge in [0.1, 0.15) is 23.9 Å². The molecule has 1 fully saturated rings. The molecule has 5 rings (SSSR count). The molecule has 4 atom stereocenters. The zero-order valence-corrected chi connectivity index (χ0v) is 28.4. The van der Waals surface area contributed by atoms with Crippen molar-refractivity contribution in [2.24, 2.45) is 0 Å². The summed E-state index contributed by atoms with van der Waals surface area (Å²) in [6, 6.07) is 12.9. The van der Waals surface area contributed by atoms with Gasteiger partial charge in [-0.1, -0.05) is 36.4 Å². The predicted molar refractivity (Wildman–Crippen MR) is 175 cm³/mol. The van der Waals surface area contributed by atoms with Crippen molar-refractivity contribution in [1.29, 1.82) is 0 Å². The van der Waals surface area contributed by atoms with Gasteiger partial charge >= 0.3 is 24.1 Å². The van der Waals surface area contributed by atoms with Crippen LogP contribution in [0, 0.1) is 0 Å². The largest absolute Gasteiger partial charge is 0.460 e. The van der Waals surface area contributed by atoms with E-state index < -0.39 is 78.9 Å². The van der Waals surface area contributed by atoms with Gasteiger partial charge in [-0.3, -0.25) is 9.59 Å². The number of esters is 3. The smallest absolute Gasteiger partial charge is 0.422 e. The third kappa shape index (κ3) is 10.3. The van der Waals surface area contributed by atoms with E-state index in [2.05, 4.69) is 10.1 Å². The number of amides is 1.